The molecule has 1 atom stereocenters. The van der Waals surface area contributed by atoms with Crippen LogP contribution < -0.4 is 15.5 Å². The normalized spacial score (nSPS) is 16.0. The number of anilines is 2. The molecule has 3 rings (SSSR count). The summed E-state index contributed by atoms with van der Waals surface area (Å²) in [5, 5.41) is 14.7. The molecular weight excluding hydrogens is 460 g/mol. The summed E-state index contributed by atoms with van der Waals surface area (Å²) in [6, 6.07) is 9.67. The van der Waals surface area contributed by atoms with Crippen LogP contribution in [0.2, 0.25) is 5.02 Å². The Hall–Kier alpha value is -2.42. The van der Waals surface area contributed by atoms with E-state index < -0.39 is 12.1 Å². The minimum atomic E-state index is -0.602. The van der Waals surface area contributed by atoms with Gasteiger partial charge in [0.05, 0.1) is 28.2 Å². The molecule has 9 heteroatoms. The largest absolute Gasteiger partial charge is 0.395 e. The monoisotopic (exact) mass is 478 g/mol. The molecule has 0 spiro atoms. The maximum absolute atomic E-state index is 12.7. The Kier molecular flexibility index (Phi) is 6.56. The molecule has 0 saturated heterocycles. The molecule has 29 heavy (non-hydrogen) atoms. The van der Waals surface area contributed by atoms with Crippen molar-refractivity contribution in [1.82, 2.24) is 5.32 Å². The third-order valence-electron chi connectivity index (χ3n) is 4.50. The Morgan fingerprint density at radius 1 is 1.31 bits per heavy atom. The van der Waals surface area contributed by atoms with Crippen molar-refractivity contribution in [3.63, 3.8) is 0 Å². The van der Waals surface area contributed by atoms with Gasteiger partial charge in [-0.05, 0) is 41.1 Å². The molecule has 0 aromatic heterocycles. The van der Waals surface area contributed by atoms with Gasteiger partial charge in [-0.3, -0.25) is 9.79 Å². The summed E-state index contributed by atoms with van der Waals surface area (Å²) in [6.07, 6.45) is 0. The number of nitrogens with one attached hydrogen (secondary N) is 2. The molecule has 3 amide bonds. The number of aliphatic hydroxyl groups is 1. The molecule has 0 bridgehead atoms. The lowest BCUT2D eigenvalue weighted by Gasteiger charge is -2.22. The minimum absolute atomic E-state index is 0.134. The molecule has 0 fully saturated rings. The Morgan fingerprint density at radius 2 is 2.03 bits per heavy atom. The zero-order chi connectivity index (χ0) is 21.1. The smallest absolute Gasteiger partial charge is 0.319 e. The summed E-state index contributed by atoms with van der Waals surface area (Å²) in [5.74, 6) is -0.151. The number of aliphatic imine (C=N–C) groups is 1. The molecule has 0 radical (unpaired) electrons. The predicted molar refractivity (Wildman–Crippen MR) is 118 cm³/mol. The highest BCUT2D eigenvalue weighted by Crippen LogP contribution is 2.38. The van der Waals surface area contributed by atoms with Crippen LogP contribution in [-0.4, -0.2) is 49.0 Å². The van der Waals surface area contributed by atoms with E-state index in [1.807, 2.05) is 18.2 Å². The van der Waals surface area contributed by atoms with Crippen molar-refractivity contribution in [3.05, 3.63) is 57.0 Å². The van der Waals surface area contributed by atoms with Gasteiger partial charge in [0, 0.05) is 29.7 Å². The lowest BCUT2D eigenvalue weighted by Crippen LogP contribution is -2.33. The third-order valence-corrected chi connectivity index (χ3v) is 5.66. The first-order chi connectivity index (χ1) is 13.8. The van der Waals surface area contributed by atoms with E-state index in [1.54, 1.807) is 37.1 Å². The maximum Gasteiger partial charge on any atom is 0.319 e. The van der Waals surface area contributed by atoms with Crippen LogP contribution in [0.15, 0.2) is 45.9 Å². The van der Waals surface area contributed by atoms with Gasteiger partial charge in [-0.2, -0.15) is 0 Å². The Balaban J connectivity index is 2.17. The zero-order valence-electron chi connectivity index (χ0n) is 15.9. The van der Waals surface area contributed by atoms with Crippen molar-refractivity contribution in [2.75, 3.05) is 30.4 Å². The lowest BCUT2D eigenvalue weighted by molar-refractivity contribution is -0.119. The highest BCUT2D eigenvalue weighted by Gasteiger charge is 2.30. The highest BCUT2D eigenvalue weighted by atomic mass is 79.9. The minimum Gasteiger partial charge on any atom is -0.395 e. The summed E-state index contributed by atoms with van der Waals surface area (Å²) < 4.78 is 0.571. The van der Waals surface area contributed by atoms with Crippen molar-refractivity contribution < 1.29 is 14.7 Å². The molecule has 0 saturated carbocycles. The number of rotatable bonds is 4. The summed E-state index contributed by atoms with van der Waals surface area (Å²) in [5.41, 5.74) is 3.04. The first-order valence-electron chi connectivity index (χ1n) is 8.94. The fourth-order valence-corrected chi connectivity index (χ4v) is 3.92. The fourth-order valence-electron chi connectivity index (χ4n) is 3.07. The number of benzene rings is 2. The van der Waals surface area contributed by atoms with E-state index in [1.165, 1.54) is 0 Å². The lowest BCUT2D eigenvalue weighted by atomic mass is 9.99. The molecule has 1 aliphatic heterocycles. The molecule has 3 N–H and O–H groups in total. The highest BCUT2D eigenvalue weighted by molar-refractivity contribution is 9.10. The van der Waals surface area contributed by atoms with E-state index in [4.69, 9.17) is 16.7 Å². The van der Waals surface area contributed by atoms with Crippen molar-refractivity contribution in [1.29, 1.82) is 0 Å². The van der Waals surface area contributed by atoms with Crippen LogP contribution in [0.5, 0.6) is 0 Å². The number of nitrogens with zero attached hydrogens (tertiary/aromatic N) is 2. The van der Waals surface area contributed by atoms with Crippen molar-refractivity contribution in [2.45, 2.75) is 13.0 Å². The van der Waals surface area contributed by atoms with E-state index in [0.717, 1.165) is 0 Å². The molecule has 1 aliphatic rings. The molecule has 7 nitrogen and oxygen atoms in total. The van der Waals surface area contributed by atoms with Gasteiger partial charge < -0.3 is 20.6 Å². The first kappa shape index (κ1) is 21.3. The summed E-state index contributed by atoms with van der Waals surface area (Å²) in [4.78, 5) is 31.0. The number of aliphatic hydroxyl groups excluding tert-OH is 1. The van der Waals surface area contributed by atoms with E-state index in [-0.39, 0.29) is 19.1 Å². The van der Waals surface area contributed by atoms with E-state index in [9.17, 15) is 9.59 Å². The zero-order valence-corrected chi connectivity index (χ0v) is 18.2. The van der Waals surface area contributed by atoms with E-state index in [0.29, 0.717) is 37.7 Å². The van der Waals surface area contributed by atoms with Gasteiger partial charge in [-0.1, -0.05) is 29.8 Å². The number of halogens is 2. The van der Waals surface area contributed by atoms with Crippen LogP contribution in [0.1, 0.15) is 18.1 Å². The third kappa shape index (κ3) is 4.29. The van der Waals surface area contributed by atoms with Crippen molar-refractivity contribution in [2.24, 2.45) is 4.99 Å². The number of hydrogen-bond acceptors (Lipinski definition) is 4. The van der Waals surface area contributed by atoms with E-state index in [2.05, 4.69) is 31.6 Å². The van der Waals surface area contributed by atoms with Gasteiger partial charge in [0.15, 0.2) is 0 Å². The number of urea groups is 1. The van der Waals surface area contributed by atoms with Gasteiger partial charge in [0.2, 0.25) is 0 Å². The second-order valence-corrected chi connectivity index (χ2v) is 7.66. The second-order valence-electron chi connectivity index (χ2n) is 6.46. The maximum atomic E-state index is 12.7. The number of carbonyl (C=O) groups excluding carboxylic acids is 2. The second kappa shape index (κ2) is 8.94. The standard InChI is InChI=1S/C20H20BrClN4O3/c1-11-19(28)26(2)15-8-7-14(25-20(29)23-9-10-27)17(21)16(15)18(24-11)12-5-3-4-6-13(12)22/h3-8,11,27H,9-10H2,1-2H3,(H2,23,25,29). The van der Waals surface area contributed by atoms with Gasteiger partial charge in [-0.25, -0.2) is 4.79 Å². The van der Waals surface area contributed by atoms with Crippen LogP contribution in [0.4, 0.5) is 16.2 Å². The topological polar surface area (TPSA) is 94.0 Å². The molecule has 2 aromatic rings. The van der Waals surface area contributed by atoms with Gasteiger partial charge in [0.1, 0.15) is 6.04 Å². The molecule has 152 valence electrons. The Labute approximate surface area is 181 Å². The summed E-state index contributed by atoms with van der Waals surface area (Å²) in [6.45, 7) is 1.71. The molecule has 2 aromatic carbocycles. The predicted octanol–water partition coefficient (Wildman–Crippen LogP) is 3.42. The van der Waals surface area contributed by atoms with Gasteiger partial charge >= 0.3 is 6.03 Å². The fraction of sp³-hybridized carbons (Fsp3) is 0.250. The van der Waals surface area contributed by atoms with Crippen molar-refractivity contribution >= 4 is 56.6 Å². The molecule has 0 aliphatic carbocycles. The SMILES string of the molecule is CC1N=C(c2ccccc2Cl)c2c(ccc(NC(=O)NCCO)c2Br)N(C)C1=O. The quantitative estimate of drug-likeness (QED) is 0.627. The number of hydrogen-bond donors (Lipinski definition) is 3. The number of likely N-dealkylation sites (N-methyl/N-ethyl adjacent to an activating group) is 1. The Morgan fingerprint density at radius 3 is 2.72 bits per heavy atom. The van der Waals surface area contributed by atoms with Crippen LogP contribution in [-0.2, 0) is 4.79 Å². The van der Waals surface area contributed by atoms with Crippen LogP contribution in [0.25, 0.3) is 0 Å². The number of carbonyl (C=O) groups is 2. The van der Waals surface area contributed by atoms with E-state index >= 15 is 0 Å². The van der Waals surface area contributed by atoms with Crippen LogP contribution in [0, 0.1) is 0 Å². The first-order valence-corrected chi connectivity index (χ1v) is 10.1. The number of fused-ring (bicyclic) bond motifs is 1. The number of benzodiazepines with no additional fused rings is 1. The number of amides is 3. The average Bonchev–Trinajstić information content (AvgIpc) is 2.79. The molecular formula is C20H20BrClN4O3. The summed E-state index contributed by atoms with van der Waals surface area (Å²) in [7, 11) is 1.69. The molecule has 1 unspecified atom stereocenters. The van der Waals surface area contributed by atoms with Crippen molar-refractivity contribution in [3.8, 4) is 0 Å². The van der Waals surface area contributed by atoms with Gasteiger partial charge in [0.25, 0.3) is 5.91 Å². The molecule has 1 heterocycles. The summed E-state index contributed by atoms with van der Waals surface area (Å²) >= 11 is 10.0. The Bertz CT molecular complexity index is 996. The van der Waals surface area contributed by atoms with Gasteiger partial charge in [-0.15, -0.1) is 0 Å². The average molecular weight is 480 g/mol. The van der Waals surface area contributed by atoms with Crippen LogP contribution in [0.3, 0.4) is 0 Å². The van der Waals surface area contributed by atoms with Crippen LogP contribution >= 0.6 is 27.5 Å².